The van der Waals surface area contributed by atoms with Crippen LogP contribution in [0.3, 0.4) is 0 Å². The van der Waals surface area contributed by atoms with Crippen molar-refractivity contribution in [2.75, 3.05) is 56.0 Å². The van der Waals surface area contributed by atoms with Crippen molar-refractivity contribution in [2.24, 2.45) is 5.41 Å². The van der Waals surface area contributed by atoms with Gasteiger partial charge in [-0.15, -0.1) is 6.42 Å². The third-order valence-electron chi connectivity index (χ3n) is 9.10. The Morgan fingerprint density at radius 1 is 0.896 bits per heavy atom. The predicted molar refractivity (Wildman–Crippen MR) is 179 cm³/mol. The van der Waals surface area contributed by atoms with E-state index in [2.05, 4.69) is 36.3 Å². The van der Waals surface area contributed by atoms with Gasteiger partial charge in [-0.25, -0.2) is 18.7 Å². The molecule has 0 spiro atoms. The van der Waals surface area contributed by atoms with Crippen LogP contribution >= 0.6 is 0 Å². The average molecular weight is 647 g/mol. The number of amides is 2. The number of hydrogen-bond donors (Lipinski definition) is 2. The minimum atomic E-state index is -1.07. The van der Waals surface area contributed by atoms with Gasteiger partial charge in [0.05, 0.1) is 30.1 Å². The molecule has 2 aromatic heterocycles. The second-order valence-corrected chi connectivity index (χ2v) is 12.1. The molecule has 2 saturated heterocycles. The van der Waals surface area contributed by atoms with E-state index in [1.807, 2.05) is 46.2 Å². The van der Waals surface area contributed by atoms with Crippen LogP contribution in [0.15, 0.2) is 79.1 Å². The highest BCUT2D eigenvalue weighted by molar-refractivity contribution is 6.01. The van der Waals surface area contributed by atoms with Crippen molar-refractivity contribution in [2.45, 2.75) is 6.42 Å². The molecule has 0 aliphatic carbocycles. The molecule has 0 saturated carbocycles. The average Bonchev–Trinajstić information content (AvgIpc) is 3.74. The Bertz CT molecular complexity index is 2000. The van der Waals surface area contributed by atoms with Gasteiger partial charge in [-0.05, 0) is 73.2 Å². The van der Waals surface area contributed by atoms with Crippen LogP contribution in [0.5, 0.6) is 0 Å². The molecule has 0 bridgehead atoms. The van der Waals surface area contributed by atoms with Crippen molar-refractivity contribution in [1.29, 1.82) is 0 Å². The third-order valence-corrected chi connectivity index (χ3v) is 9.10. The van der Waals surface area contributed by atoms with Gasteiger partial charge in [-0.1, -0.05) is 5.92 Å². The van der Waals surface area contributed by atoms with Gasteiger partial charge in [-0.3, -0.25) is 19.6 Å². The lowest BCUT2D eigenvalue weighted by molar-refractivity contribution is -0.133. The van der Waals surface area contributed by atoms with Crippen LogP contribution in [-0.4, -0.2) is 87.6 Å². The van der Waals surface area contributed by atoms with Gasteiger partial charge in [0.15, 0.2) is 11.6 Å². The molecule has 7 rings (SSSR count). The minimum absolute atomic E-state index is 0.00502. The van der Waals surface area contributed by atoms with Crippen LogP contribution < -0.4 is 10.2 Å². The van der Waals surface area contributed by atoms with E-state index in [4.69, 9.17) is 6.42 Å². The van der Waals surface area contributed by atoms with E-state index in [0.717, 1.165) is 40.1 Å². The number of carbonyl (C=O) groups excluding carboxylic acids is 2. The largest absolute Gasteiger partial charge is 0.368 e. The number of anilines is 2. The second-order valence-electron chi connectivity index (χ2n) is 12.1. The third kappa shape index (κ3) is 6.20. The maximum Gasteiger partial charge on any atom is 0.244 e. The lowest BCUT2D eigenvalue weighted by atomic mass is 9.87. The monoisotopic (exact) mass is 646 g/mol. The Morgan fingerprint density at radius 2 is 1.60 bits per heavy atom. The molecular weight excluding hydrogens is 614 g/mol. The number of rotatable bonds is 7. The molecule has 2 amide bonds. The molecule has 0 radical (unpaired) electrons. The van der Waals surface area contributed by atoms with Crippen molar-refractivity contribution in [1.82, 2.24) is 30.0 Å². The van der Waals surface area contributed by atoms with Crippen LogP contribution in [0.25, 0.3) is 33.5 Å². The Hall–Kier alpha value is -5.67. The standard InChI is InChI=1S/C36H32F2N8O2/c1-2-36(35(48)41-28-9-12-31-30(19-28)33(43-42-31)24-3-7-26(37)8-4-24)13-14-44(23-36)22-32(47)46-17-15-45(16-18-46)29-10-5-25(6-11-29)34-39-20-27(38)21-40-34/h1,3-12,19-21H,13-18,22-23H2,(H,41,48)(H,42,43). The van der Waals surface area contributed by atoms with Crippen LogP contribution in [0.4, 0.5) is 20.2 Å². The topological polar surface area (TPSA) is 110 Å². The molecule has 2 aliphatic rings. The second kappa shape index (κ2) is 12.8. The predicted octanol–water partition coefficient (Wildman–Crippen LogP) is 4.58. The molecule has 2 aliphatic heterocycles. The quantitative estimate of drug-likeness (QED) is 0.249. The fraction of sp³-hybridized carbons (Fsp3) is 0.250. The minimum Gasteiger partial charge on any atom is -0.368 e. The van der Waals surface area contributed by atoms with Crippen LogP contribution in [-0.2, 0) is 9.59 Å². The van der Waals surface area contributed by atoms with E-state index >= 15 is 0 Å². The first-order valence-electron chi connectivity index (χ1n) is 15.7. The van der Waals surface area contributed by atoms with Crippen molar-refractivity contribution in [3.8, 4) is 35.0 Å². The maximum absolute atomic E-state index is 13.6. The molecular formula is C36H32F2N8O2. The molecule has 1 unspecified atom stereocenters. The lowest BCUT2D eigenvalue weighted by Crippen LogP contribution is -2.51. The van der Waals surface area contributed by atoms with Crippen LogP contribution in [0, 0.1) is 29.4 Å². The van der Waals surface area contributed by atoms with Crippen molar-refractivity contribution in [3.05, 3.63) is 90.8 Å². The van der Waals surface area contributed by atoms with Crippen molar-refractivity contribution >= 4 is 34.1 Å². The summed E-state index contributed by atoms with van der Waals surface area (Å²) >= 11 is 0. The molecule has 3 aromatic carbocycles. The molecule has 2 fully saturated rings. The fourth-order valence-electron chi connectivity index (χ4n) is 6.35. The van der Waals surface area contributed by atoms with Crippen molar-refractivity contribution in [3.63, 3.8) is 0 Å². The number of likely N-dealkylation sites (tertiary alicyclic amines) is 1. The molecule has 1 atom stereocenters. The molecule has 242 valence electrons. The maximum atomic E-state index is 13.6. The number of halogens is 2. The first-order valence-corrected chi connectivity index (χ1v) is 15.7. The van der Waals surface area contributed by atoms with Crippen molar-refractivity contribution < 1.29 is 18.4 Å². The zero-order chi connectivity index (χ0) is 33.3. The number of benzene rings is 3. The normalized spacial score (nSPS) is 18.2. The van der Waals surface area contributed by atoms with E-state index in [-0.39, 0.29) is 30.7 Å². The Kier molecular flexibility index (Phi) is 8.29. The van der Waals surface area contributed by atoms with Gasteiger partial charge in [0.25, 0.3) is 0 Å². The van der Waals surface area contributed by atoms with Gasteiger partial charge in [-0.2, -0.15) is 5.10 Å². The molecule has 48 heavy (non-hydrogen) atoms. The zero-order valence-electron chi connectivity index (χ0n) is 26.0. The number of terminal acetylenes is 1. The van der Waals surface area contributed by atoms with Gasteiger partial charge in [0, 0.05) is 67.2 Å². The number of hydrogen-bond acceptors (Lipinski definition) is 7. The summed E-state index contributed by atoms with van der Waals surface area (Å²) in [5, 5.41) is 11.1. The molecule has 10 nitrogen and oxygen atoms in total. The molecule has 5 aromatic rings. The summed E-state index contributed by atoms with van der Waals surface area (Å²) in [6.07, 6.45) is 8.68. The van der Waals surface area contributed by atoms with E-state index in [1.54, 1.807) is 18.2 Å². The molecule has 12 heteroatoms. The van der Waals surface area contributed by atoms with Gasteiger partial charge in [0.2, 0.25) is 11.8 Å². The van der Waals surface area contributed by atoms with Gasteiger partial charge < -0.3 is 15.1 Å². The number of fused-ring (bicyclic) bond motifs is 1. The SMILES string of the molecule is C#CC1(C(=O)Nc2ccc3[nH]nc(-c4ccc(F)cc4)c3c2)CCN(CC(=O)N2CCN(c3ccc(-c4ncc(F)cn4)cc3)CC2)C1. The summed E-state index contributed by atoms with van der Waals surface area (Å²) in [4.78, 5) is 41.0. The number of nitrogens with zero attached hydrogens (tertiary/aromatic N) is 6. The lowest BCUT2D eigenvalue weighted by Gasteiger charge is -2.37. The highest BCUT2D eigenvalue weighted by Gasteiger charge is 2.44. The Labute approximate surface area is 275 Å². The summed E-state index contributed by atoms with van der Waals surface area (Å²) in [6.45, 7) is 3.50. The van der Waals surface area contributed by atoms with Crippen LogP contribution in [0.2, 0.25) is 0 Å². The van der Waals surface area contributed by atoms with E-state index < -0.39 is 11.2 Å². The summed E-state index contributed by atoms with van der Waals surface area (Å²) in [7, 11) is 0. The van der Waals surface area contributed by atoms with E-state index in [9.17, 15) is 18.4 Å². The Balaban J connectivity index is 0.936. The summed E-state index contributed by atoms with van der Waals surface area (Å²) in [5.74, 6) is 2.09. The fourth-order valence-corrected chi connectivity index (χ4v) is 6.35. The highest BCUT2D eigenvalue weighted by atomic mass is 19.1. The number of piperazine rings is 1. The Morgan fingerprint density at radius 3 is 2.31 bits per heavy atom. The van der Waals surface area contributed by atoms with Crippen LogP contribution in [0.1, 0.15) is 6.42 Å². The van der Waals surface area contributed by atoms with E-state index in [0.29, 0.717) is 56.4 Å². The highest BCUT2D eigenvalue weighted by Crippen LogP contribution is 2.33. The first-order chi connectivity index (χ1) is 23.3. The molecule has 2 N–H and O–H groups in total. The van der Waals surface area contributed by atoms with E-state index in [1.165, 1.54) is 12.1 Å². The number of carbonyl (C=O) groups is 2. The number of aromatic amines is 1. The molecule has 4 heterocycles. The summed E-state index contributed by atoms with van der Waals surface area (Å²) in [6, 6.07) is 19.3. The van der Waals surface area contributed by atoms with Gasteiger partial charge >= 0.3 is 0 Å². The number of aromatic nitrogens is 4. The number of nitrogens with one attached hydrogen (secondary N) is 2. The van der Waals surface area contributed by atoms with Gasteiger partial charge in [0.1, 0.15) is 11.2 Å². The summed E-state index contributed by atoms with van der Waals surface area (Å²) in [5.41, 5.74) is 3.49. The smallest absolute Gasteiger partial charge is 0.244 e. The zero-order valence-corrected chi connectivity index (χ0v) is 26.0. The number of H-pyrrole nitrogens is 1. The first kappa shape index (κ1) is 31.0. The summed E-state index contributed by atoms with van der Waals surface area (Å²) < 4.78 is 26.6.